The van der Waals surface area contributed by atoms with E-state index in [1.165, 1.54) is 0 Å². The minimum Gasteiger partial charge on any atom is -0.323 e. The maximum Gasteiger partial charge on any atom is 0.241 e. The summed E-state index contributed by atoms with van der Waals surface area (Å²) in [5.74, 6) is -0.162. The van der Waals surface area contributed by atoms with Crippen LogP contribution in [0.15, 0.2) is 16.9 Å². The number of carbonyl (C=O) groups excluding carboxylic acids is 1. The molecule has 0 aliphatic rings. The van der Waals surface area contributed by atoms with Gasteiger partial charge in [-0.1, -0.05) is 13.3 Å². The Morgan fingerprint density at radius 1 is 1.69 bits per heavy atom. The molecule has 88 valence electrons. The van der Waals surface area contributed by atoms with Gasteiger partial charge in [0.05, 0.1) is 17.9 Å². The lowest BCUT2D eigenvalue weighted by Crippen LogP contribution is -2.35. The van der Waals surface area contributed by atoms with E-state index in [4.69, 9.17) is 5.73 Å². The first-order valence-corrected chi connectivity index (χ1v) is 6.02. The van der Waals surface area contributed by atoms with E-state index in [9.17, 15) is 4.79 Å². The largest absolute Gasteiger partial charge is 0.323 e. The SMILES string of the molecule is CCC[C@@H](N)C(=O)Nc1cnc(Br)c(C)c1. The molecule has 0 bridgehead atoms. The number of carbonyl (C=O) groups is 1. The number of nitrogens with zero attached hydrogens (tertiary/aromatic N) is 1. The number of nitrogens with one attached hydrogen (secondary N) is 1. The van der Waals surface area contributed by atoms with Crippen molar-refractivity contribution in [1.29, 1.82) is 0 Å². The van der Waals surface area contributed by atoms with Crippen molar-refractivity contribution >= 4 is 27.5 Å². The molecule has 5 heteroatoms. The number of amides is 1. The fourth-order valence-electron chi connectivity index (χ4n) is 1.30. The topological polar surface area (TPSA) is 68.0 Å². The molecule has 0 saturated heterocycles. The summed E-state index contributed by atoms with van der Waals surface area (Å²) in [6.07, 6.45) is 3.19. The maximum atomic E-state index is 11.6. The summed E-state index contributed by atoms with van der Waals surface area (Å²) in [6.45, 7) is 3.91. The third kappa shape index (κ3) is 3.57. The zero-order valence-corrected chi connectivity index (χ0v) is 11.0. The molecule has 1 aromatic heterocycles. The molecule has 0 unspecified atom stereocenters. The maximum absolute atomic E-state index is 11.6. The molecule has 0 aliphatic carbocycles. The van der Waals surface area contributed by atoms with Crippen LogP contribution in [0, 0.1) is 6.92 Å². The van der Waals surface area contributed by atoms with Crippen LogP contribution >= 0.6 is 15.9 Å². The van der Waals surface area contributed by atoms with Gasteiger partial charge in [-0.25, -0.2) is 4.98 Å². The van der Waals surface area contributed by atoms with Crippen LogP contribution in [0.2, 0.25) is 0 Å². The number of halogens is 1. The minimum atomic E-state index is -0.450. The fourth-order valence-corrected chi connectivity index (χ4v) is 1.52. The van der Waals surface area contributed by atoms with Gasteiger partial charge in [-0.3, -0.25) is 4.79 Å². The van der Waals surface area contributed by atoms with Crippen molar-refractivity contribution in [2.45, 2.75) is 32.7 Å². The van der Waals surface area contributed by atoms with E-state index in [0.29, 0.717) is 12.1 Å². The van der Waals surface area contributed by atoms with Crippen LogP contribution in [0.4, 0.5) is 5.69 Å². The molecular formula is C11H16BrN3O. The summed E-state index contributed by atoms with van der Waals surface area (Å²) in [7, 11) is 0. The average Bonchev–Trinajstić information content (AvgIpc) is 2.24. The lowest BCUT2D eigenvalue weighted by molar-refractivity contribution is -0.117. The summed E-state index contributed by atoms with van der Waals surface area (Å²) < 4.78 is 0.781. The van der Waals surface area contributed by atoms with E-state index >= 15 is 0 Å². The van der Waals surface area contributed by atoms with Gasteiger partial charge in [0, 0.05) is 0 Å². The van der Waals surface area contributed by atoms with Gasteiger partial charge in [0.15, 0.2) is 0 Å². The first-order valence-electron chi connectivity index (χ1n) is 5.23. The molecule has 0 aromatic carbocycles. The van der Waals surface area contributed by atoms with Crippen LogP contribution in [-0.2, 0) is 4.79 Å². The number of hydrogen-bond donors (Lipinski definition) is 2. The molecular weight excluding hydrogens is 270 g/mol. The first kappa shape index (κ1) is 13.1. The van der Waals surface area contributed by atoms with Crippen molar-refractivity contribution in [3.05, 3.63) is 22.4 Å². The Morgan fingerprint density at radius 3 is 2.94 bits per heavy atom. The quantitative estimate of drug-likeness (QED) is 0.834. The van der Waals surface area contributed by atoms with Crippen molar-refractivity contribution in [1.82, 2.24) is 4.98 Å². The van der Waals surface area contributed by atoms with Gasteiger partial charge in [-0.2, -0.15) is 0 Å². The highest BCUT2D eigenvalue weighted by molar-refractivity contribution is 9.10. The van der Waals surface area contributed by atoms with Gasteiger partial charge in [-0.05, 0) is 40.9 Å². The summed E-state index contributed by atoms with van der Waals surface area (Å²) in [5, 5.41) is 2.75. The Kier molecular flexibility index (Phi) is 4.89. The molecule has 3 N–H and O–H groups in total. The number of rotatable bonds is 4. The zero-order valence-electron chi connectivity index (χ0n) is 9.46. The van der Waals surface area contributed by atoms with Gasteiger partial charge in [0.2, 0.25) is 5.91 Å². The van der Waals surface area contributed by atoms with Crippen LogP contribution in [0.25, 0.3) is 0 Å². The highest BCUT2D eigenvalue weighted by Crippen LogP contribution is 2.16. The number of pyridine rings is 1. The molecule has 1 atom stereocenters. The Bertz CT molecular complexity index is 381. The van der Waals surface area contributed by atoms with E-state index in [0.717, 1.165) is 16.6 Å². The highest BCUT2D eigenvalue weighted by atomic mass is 79.9. The van der Waals surface area contributed by atoms with Crippen molar-refractivity contribution in [3.8, 4) is 0 Å². The van der Waals surface area contributed by atoms with Crippen molar-refractivity contribution < 1.29 is 4.79 Å². The predicted molar refractivity (Wildman–Crippen MR) is 68.2 cm³/mol. The summed E-state index contributed by atoms with van der Waals surface area (Å²) in [6, 6.07) is 1.40. The monoisotopic (exact) mass is 285 g/mol. The lowest BCUT2D eigenvalue weighted by atomic mass is 10.1. The standard InChI is InChI=1S/C11H16BrN3O/c1-3-4-9(13)11(16)15-8-5-7(2)10(12)14-6-8/h5-6,9H,3-4,13H2,1-2H3,(H,15,16)/t9-/m1/s1. The minimum absolute atomic E-state index is 0.162. The Labute approximate surface area is 104 Å². The molecule has 1 rings (SSSR count). The van der Waals surface area contributed by atoms with E-state index in [-0.39, 0.29) is 5.91 Å². The summed E-state index contributed by atoms with van der Waals surface area (Å²) in [4.78, 5) is 15.7. The molecule has 0 fully saturated rings. The molecule has 1 aromatic rings. The number of aromatic nitrogens is 1. The molecule has 1 heterocycles. The molecule has 0 aliphatic heterocycles. The second-order valence-corrected chi connectivity index (χ2v) is 4.47. The fraction of sp³-hybridized carbons (Fsp3) is 0.455. The van der Waals surface area contributed by atoms with Crippen molar-refractivity contribution in [2.75, 3.05) is 5.32 Å². The third-order valence-electron chi connectivity index (χ3n) is 2.22. The van der Waals surface area contributed by atoms with Crippen LogP contribution in [0.3, 0.4) is 0 Å². The first-order chi connectivity index (χ1) is 7.54. The predicted octanol–water partition coefficient (Wildman–Crippen LogP) is 2.22. The molecule has 16 heavy (non-hydrogen) atoms. The van der Waals surface area contributed by atoms with Gasteiger partial charge in [0.25, 0.3) is 0 Å². The Balaban J connectivity index is 2.66. The molecule has 0 radical (unpaired) electrons. The molecule has 0 saturated carbocycles. The Hall–Kier alpha value is -0.940. The second-order valence-electron chi connectivity index (χ2n) is 3.72. The number of hydrogen-bond acceptors (Lipinski definition) is 3. The van der Waals surface area contributed by atoms with E-state index in [1.54, 1.807) is 6.20 Å². The van der Waals surface area contributed by atoms with Gasteiger partial charge in [0.1, 0.15) is 4.60 Å². The van der Waals surface area contributed by atoms with Crippen molar-refractivity contribution in [3.63, 3.8) is 0 Å². The van der Waals surface area contributed by atoms with Crippen LogP contribution < -0.4 is 11.1 Å². The van der Waals surface area contributed by atoms with Crippen LogP contribution in [-0.4, -0.2) is 16.9 Å². The van der Waals surface area contributed by atoms with Crippen molar-refractivity contribution in [2.24, 2.45) is 5.73 Å². The van der Waals surface area contributed by atoms with E-state index in [1.807, 2.05) is 19.9 Å². The summed E-state index contributed by atoms with van der Waals surface area (Å²) in [5.41, 5.74) is 7.35. The second kappa shape index (κ2) is 5.96. The normalized spacial score (nSPS) is 12.2. The Morgan fingerprint density at radius 2 is 2.38 bits per heavy atom. The van der Waals surface area contributed by atoms with E-state index in [2.05, 4.69) is 26.2 Å². The zero-order chi connectivity index (χ0) is 12.1. The number of anilines is 1. The van der Waals surface area contributed by atoms with Gasteiger partial charge >= 0.3 is 0 Å². The molecule has 4 nitrogen and oxygen atoms in total. The molecule has 0 spiro atoms. The lowest BCUT2D eigenvalue weighted by Gasteiger charge is -2.11. The van der Waals surface area contributed by atoms with Crippen LogP contribution in [0.5, 0.6) is 0 Å². The van der Waals surface area contributed by atoms with Crippen LogP contribution in [0.1, 0.15) is 25.3 Å². The third-order valence-corrected chi connectivity index (χ3v) is 3.05. The van der Waals surface area contributed by atoms with Gasteiger partial charge in [-0.15, -0.1) is 0 Å². The van der Waals surface area contributed by atoms with E-state index < -0.39 is 6.04 Å². The summed E-state index contributed by atoms with van der Waals surface area (Å²) >= 11 is 3.30. The average molecular weight is 286 g/mol. The number of nitrogens with two attached hydrogens (primary N) is 1. The highest BCUT2D eigenvalue weighted by Gasteiger charge is 2.12. The number of aryl methyl sites for hydroxylation is 1. The smallest absolute Gasteiger partial charge is 0.241 e. The molecule has 1 amide bonds. The van der Waals surface area contributed by atoms with Gasteiger partial charge < -0.3 is 11.1 Å².